The Kier molecular flexibility index (Phi) is 3.76. The lowest BCUT2D eigenvalue weighted by Gasteiger charge is -2.38. The second-order valence-corrected chi connectivity index (χ2v) is 9.09. The van der Waals surface area contributed by atoms with Gasteiger partial charge in [-0.3, -0.25) is 14.6 Å². The Morgan fingerprint density at radius 3 is 2.36 bits per heavy atom. The predicted molar refractivity (Wildman–Crippen MR) is 110 cm³/mol. The molecule has 28 heavy (non-hydrogen) atoms. The minimum absolute atomic E-state index is 0.0310. The van der Waals surface area contributed by atoms with Gasteiger partial charge in [-0.2, -0.15) is 0 Å². The van der Waals surface area contributed by atoms with E-state index in [1.807, 2.05) is 48.5 Å². The van der Waals surface area contributed by atoms with Gasteiger partial charge in [0, 0.05) is 39.8 Å². The summed E-state index contributed by atoms with van der Waals surface area (Å²) in [6, 6.07) is 15.2. The smallest absolute Gasteiger partial charge is 0.173 e. The predicted octanol–water partition coefficient (Wildman–Crippen LogP) is 5.38. The van der Waals surface area contributed by atoms with E-state index in [9.17, 15) is 9.59 Å². The fourth-order valence-electron chi connectivity index (χ4n) is 4.95. The van der Waals surface area contributed by atoms with E-state index < -0.39 is 5.92 Å². The Bertz CT molecular complexity index is 1110. The maximum Gasteiger partial charge on any atom is 0.173 e. The largest absolute Gasteiger partial charge is 0.294 e. The van der Waals surface area contributed by atoms with Crippen molar-refractivity contribution in [1.29, 1.82) is 0 Å². The molecule has 0 saturated carbocycles. The number of allylic oxidation sites excluding steroid dienone is 2. The molecule has 1 aliphatic heterocycles. The molecule has 2 atom stereocenters. The van der Waals surface area contributed by atoms with Crippen molar-refractivity contribution >= 4 is 28.9 Å². The zero-order valence-corrected chi connectivity index (χ0v) is 16.6. The summed E-state index contributed by atoms with van der Waals surface area (Å²) in [4.78, 5) is 31.5. The Morgan fingerprint density at radius 1 is 0.929 bits per heavy atom. The number of carbonyl (C=O) groups is 2. The Balaban J connectivity index is 1.79. The van der Waals surface area contributed by atoms with Gasteiger partial charge >= 0.3 is 0 Å². The van der Waals surface area contributed by atoms with Gasteiger partial charge in [0.25, 0.3) is 0 Å². The highest BCUT2D eigenvalue weighted by Crippen LogP contribution is 2.52. The minimum atomic E-state index is -0.485. The lowest BCUT2D eigenvalue weighted by Crippen LogP contribution is -2.37. The van der Waals surface area contributed by atoms with Crippen molar-refractivity contribution in [3.8, 4) is 0 Å². The van der Waals surface area contributed by atoms with Crippen LogP contribution < -0.4 is 0 Å². The number of ketones is 2. The van der Waals surface area contributed by atoms with Crippen LogP contribution in [0, 0.1) is 11.3 Å². The van der Waals surface area contributed by atoms with E-state index in [-0.39, 0.29) is 22.9 Å². The quantitative estimate of drug-likeness (QED) is 0.657. The van der Waals surface area contributed by atoms with E-state index in [2.05, 4.69) is 13.8 Å². The number of carbonyl (C=O) groups excluding carboxylic acids is 2. The molecule has 0 fully saturated rings. The Morgan fingerprint density at radius 2 is 1.61 bits per heavy atom. The van der Waals surface area contributed by atoms with E-state index in [4.69, 9.17) is 16.6 Å². The second-order valence-electron chi connectivity index (χ2n) is 8.69. The monoisotopic (exact) mass is 389 g/mol. The van der Waals surface area contributed by atoms with Gasteiger partial charge in [0.1, 0.15) is 0 Å². The van der Waals surface area contributed by atoms with Crippen molar-refractivity contribution in [2.45, 2.75) is 32.6 Å². The van der Waals surface area contributed by atoms with Crippen LogP contribution in [0.3, 0.4) is 0 Å². The van der Waals surface area contributed by atoms with Gasteiger partial charge in [-0.05, 0) is 23.5 Å². The van der Waals surface area contributed by atoms with Crippen molar-refractivity contribution in [2.75, 3.05) is 0 Å². The Hall–Kier alpha value is -2.52. The first-order valence-electron chi connectivity index (χ1n) is 9.60. The number of benzene rings is 2. The fourth-order valence-corrected chi connectivity index (χ4v) is 5.20. The molecule has 0 unspecified atom stereocenters. The number of fused-ring (bicyclic) bond motifs is 3. The van der Waals surface area contributed by atoms with Crippen LogP contribution in [0.1, 0.15) is 54.1 Å². The fraction of sp³-hybridized carbons (Fsp3) is 0.292. The topological polar surface area (TPSA) is 46.5 Å². The van der Waals surface area contributed by atoms with Crippen LogP contribution in [0.25, 0.3) is 0 Å². The summed E-state index contributed by atoms with van der Waals surface area (Å²) in [5.74, 6) is -0.743. The molecule has 0 bridgehead atoms. The molecule has 140 valence electrons. The molecule has 0 radical (unpaired) electrons. The van der Waals surface area contributed by atoms with Crippen molar-refractivity contribution in [1.82, 2.24) is 0 Å². The standard InChI is InChI=1S/C24H20ClNO2/c1-24(2)11-17-20(18(27)12-24)19(15-9-5-6-10-16(15)25)21-22(26-17)13-7-3-4-8-14(13)23(21)28/h3-10,19,21H,11-12H2,1-2H3/t19-,21+/m0/s1. The molecule has 4 heteroatoms. The molecule has 0 amide bonds. The first-order valence-corrected chi connectivity index (χ1v) is 9.98. The van der Waals surface area contributed by atoms with Crippen LogP contribution in [0.15, 0.2) is 64.8 Å². The summed E-state index contributed by atoms with van der Waals surface area (Å²) in [7, 11) is 0. The van der Waals surface area contributed by atoms with Crippen molar-refractivity contribution in [3.63, 3.8) is 0 Å². The van der Waals surface area contributed by atoms with Crippen molar-refractivity contribution in [2.24, 2.45) is 16.3 Å². The molecule has 5 rings (SSSR count). The first kappa shape index (κ1) is 17.6. The van der Waals surface area contributed by atoms with Crippen LogP contribution in [-0.2, 0) is 4.79 Å². The zero-order valence-electron chi connectivity index (χ0n) is 15.8. The molecular formula is C24H20ClNO2. The van der Waals surface area contributed by atoms with Gasteiger partial charge in [0.05, 0.1) is 11.6 Å². The molecule has 0 aromatic heterocycles. The number of nitrogens with zero attached hydrogens (tertiary/aromatic N) is 1. The highest BCUT2D eigenvalue weighted by Gasteiger charge is 2.50. The van der Waals surface area contributed by atoms with E-state index in [0.717, 1.165) is 29.0 Å². The summed E-state index contributed by atoms with van der Waals surface area (Å²) in [6.45, 7) is 4.19. The highest BCUT2D eigenvalue weighted by atomic mass is 35.5. The highest BCUT2D eigenvalue weighted by molar-refractivity contribution is 6.33. The second kappa shape index (κ2) is 5.99. The van der Waals surface area contributed by atoms with Crippen molar-refractivity contribution < 1.29 is 9.59 Å². The molecule has 3 nitrogen and oxygen atoms in total. The van der Waals surface area contributed by atoms with Crippen LogP contribution in [0.2, 0.25) is 5.02 Å². The summed E-state index contributed by atoms with van der Waals surface area (Å²) in [5.41, 5.74) is 4.56. The third-order valence-corrected chi connectivity index (χ3v) is 6.43. The minimum Gasteiger partial charge on any atom is -0.294 e. The summed E-state index contributed by atoms with van der Waals surface area (Å²) < 4.78 is 0. The van der Waals surface area contributed by atoms with Gasteiger partial charge < -0.3 is 0 Å². The zero-order chi connectivity index (χ0) is 19.6. The van der Waals surface area contributed by atoms with E-state index in [1.165, 1.54) is 0 Å². The molecule has 2 aromatic carbocycles. The number of rotatable bonds is 1. The average Bonchev–Trinajstić information content (AvgIpc) is 2.92. The normalized spacial score (nSPS) is 25.2. The lowest BCUT2D eigenvalue weighted by molar-refractivity contribution is -0.118. The van der Waals surface area contributed by atoms with Crippen molar-refractivity contribution in [3.05, 3.63) is 81.5 Å². The summed E-state index contributed by atoms with van der Waals surface area (Å²) >= 11 is 6.56. The van der Waals surface area contributed by atoms with Gasteiger partial charge in [0.2, 0.25) is 0 Å². The SMILES string of the molecule is CC1(C)CC(=O)C2=C(C1)N=C1c3ccccc3C(=O)[C@@H]1[C@H]2c1ccccc1Cl. The molecule has 0 saturated heterocycles. The van der Waals surface area contributed by atoms with E-state index in [1.54, 1.807) is 0 Å². The van der Waals surface area contributed by atoms with Crippen LogP contribution in [0.5, 0.6) is 0 Å². The number of hydrogen-bond acceptors (Lipinski definition) is 3. The molecular weight excluding hydrogens is 370 g/mol. The van der Waals surface area contributed by atoms with Gasteiger partial charge in [-0.1, -0.05) is 67.9 Å². The number of Topliss-reactive ketones (excluding diaryl/α,β-unsaturated/α-hetero) is 2. The van der Waals surface area contributed by atoms with Crippen LogP contribution >= 0.6 is 11.6 Å². The molecule has 2 aromatic rings. The first-order chi connectivity index (χ1) is 13.4. The Labute approximate surface area is 169 Å². The maximum atomic E-state index is 13.4. The third kappa shape index (κ3) is 2.46. The molecule has 2 aliphatic carbocycles. The molecule has 3 aliphatic rings. The lowest BCUT2D eigenvalue weighted by atomic mass is 9.66. The number of hydrogen-bond donors (Lipinski definition) is 0. The van der Waals surface area contributed by atoms with Crippen LogP contribution in [-0.4, -0.2) is 17.3 Å². The van der Waals surface area contributed by atoms with E-state index >= 15 is 0 Å². The molecule has 0 spiro atoms. The van der Waals surface area contributed by atoms with Crippen LogP contribution in [0.4, 0.5) is 0 Å². The van der Waals surface area contributed by atoms with Gasteiger partial charge in [-0.25, -0.2) is 0 Å². The maximum absolute atomic E-state index is 13.4. The molecule has 0 N–H and O–H groups in total. The van der Waals surface area contributed by atoms with Gasteiger partial charge in [-0.15, -0.1) is 0 Å². The molecule has 1 heterocycles. The van der Waals surface area contributed by atoms with Gasteiger partial charge in [0.15, 0.2) is 11.6 Å². The summed E-state index contributed by atoms with van der Waals surface area (Å²) in [5, 5.41) is 0.585. The summed E-state index contributed by atoms with van der Waals surface area (Å²) in [6.07, 6.45) is 1.19. The number of halogens is 1. The third-order valence-electron chi connectivity index (χ3n) is 6.08. The van der Waals surface area contributed by atoms with E-state index in [0.29, 0.717) is 22.6 Å². The number of aliphatic imine (C=N–C) groups is 1. The average molecular weight is 390 g/mol.